The highest BCUT2D eigenvalue weighted by atomic mass is 35.5. The van der Waals surface area contributed by atoms with Crippen molar-refractivity contribution < 1.29 is 9.59 Å². The summed E-state index contributed by atoms with van der Waals surface area (Å²) in [5.41, 5.74) is 4.94. The molecule has 0 aliphatic rings. The van der Waals surface area contributed by atoms with Gasteiger partial charge in [0.25, 0.3) is 5.91 Å². The highest BCUT2D eigenvalue weighted by molar-refractivity contribution is 7.99. The van der Waals surface area contributed by atoms with Crippen LogP contribution in [0.15, 0.2) is 145 Å². The van der Waals surface area contributed by atoms with Crippen molar-refractivity contribution in [3.63, 3.8) is 0 Å². The number of hydrogen-bond acceptors (Lipinski definition) is 5. The van der Waals surface area contributed by atoms with Gasteiger partial charge in [-0.2, -0.15) is 0 Å². The number of aromatic nitrogens is 3. The number of benzene rings is 5. The zero-order chi connectivity index (χ0) is 31.7. The van der Waals surface area contributed by atoms with Gasteiger partial charge in [-0.3, -0.25) is 14.2 Å². The molecule has 5 aromatic carbocycles. The molecule has 0 radical (unpaired) electrons. The third-order valence-electron chi connectivity index (χ3n) is 7.32. The molecule has 228 valence electrons. The molecule has 2 amide bonds. The molecule has 46 heavy (non-hydrogen) atoms. The lowest BCUT2D eigenvalue weighted by molar-refractivity contribution is -0.119. The van der Waals surface area contributed by atoms with Crippen molar-refractivity contribution in [2.75, 3.05) is 11.1 Å². The van der Waals surface area contributed by atoms with Gasteiger partial charge < -0.3 is 10.6 Å². The van der Waals surface area contributed by atoms with Gasteiger partial charge in [0.1, 0.15) is 0 Å². The summed E-state index contributed by atoms with van der Waals surface area (Å²) in [5, 5.41) is 16.1. The number of halogens is 1. The molecule has 0 saturated carbocycles. The van der Waals surface area contributed by atoms with Crippen LogP contribution in [-0.4, -0.2) is 32.3 Å². The van der Waals surface area contributed by atoms with Crippen molar-refractivity contribution in [1.29, 1.82) is 0 Å². The van der Waals surface area contributed by atoms with E-state index in [0.717, 1.165) is 22.3 Å². The molecular weight excluding hydrogens is 614 g/mol. The number of anilines is 1. The number of nitrogens with one attached hydrogen (secondary N) is 2. The summed E-state index contributed by atoms with van der Waals surface area (Å²) in [6.45, 7) is 0.523. The van der Waals surface area contributed by atoms with E-state index in [2.05, 4.69) is 20.8 Å². The quantitative estimate of drug-likeness (QED) is 0.140. The average Bonchev–Trinajstić information content (AvgIpc) is 3.50. The highest BCUT2D eigenvalue weighted by Gasteiger charge is 2.20. The molecule has 0 fully saturated rings. The van der Waals surface area contributed by atoms with Crippen molar-refractivity contribution in [2.24, 2.45) is 0 Å². The van der Waals surface area contributed by atoms with Crippen LogP contribution in [0.1, 0.15) is 33.1 Å². The first-order chi connectivity index (χ1) is 22.5. The predicted molar refractivity (Wildman–Crippen MR) is 184 cm³/mol. The number of carbonyl (C=O) groups is 2. The van der Waals surface area contributed by atoms with E-state index in [0.29, 0.717) is 33.8 Å². The van der Waals surface area contributed by atoms with Gasteiger partial charge in [-0.1, -0.05) is 126 Å². The standard InChI is InChI=1S/C37H30ClN5O2S/c38-32-19-11-10-18-31(32)36(45)39-30-22-20-29(21-23-30)35-41-42-37(43(35)24-26-12-4-1-5-13-26)46-25-33(44)40-34(27-14-6-2-7-15-27)28-16-8-3-9-17-28/h1-23,34H,24-25H2,(H,39,45)(H,40,44). The topological polar surface area (TPSA) is 88.9 Å². The molecule has 1 heterocycles. The fraction of sp³-hybridized carbons (Fsp3) is 0.0811. The molecule has 6 rings (SSSR count). The van der Waals surface area contributed by atoms with Crippen molar-refractivity contribution in [3.05, 3.63) is 167 Å². The molecule has 7 nitrogen and oxygen atoms in total. The second-order valence-corrected chi connectivity index (χ2v) is 11.8. The summed E-state index contributed by atoms with van der Waals surface area (Å²) < 4.78 is 2.01. The Morgan fingerprint density at radius 1 is 0.717 bits per heavy atom. The van der Waals surface area contributed by atoms with Crippen LogP contribution in [0.25, 0.3) is 11.4 Å². The minimum Gasteiger partial charge on any atom is -0.344 e. The SMILES string of the molecule is O=C(CSc1nnc(-c2ccc(NC(=O)c3ccccc3Cl)cc2)n1Cc1ccccc1)NC(c1ccccc1)c1ccccc1. The van der Waals surface area contributed by atoms with Crippen LogP contribution in [0.3, 0.4) is 0 Å². The maximum absolute atomic E-state index is 13.3. The molecule has 0 aliphatic heterocycles. The number of rotatable bonds is 11. The molecule has 0 atom stereocenters. The fourth-order valence-corrected chi connectivity index (χ4v) is 6.02. The van der Waals surface area contributed by atoms with Gasteiger partial charge in [-0.05, 0) is 53.1 Å². The Bertz CT molecular complexity index is 1880. The number of carbonyl (C=O) groups excluding carboxylic acids is 2. The average molecular weight is 644 g/mol. The lowest BCUT2D eigenvalue weighted by Gasteiger charge is -2.20. The van der Waals surface area contributed by atoms with Gasteiger partial charge in [0.15, 0.2) is 11.0 Å². The number of nitrogens with zero attached hydrogens (tertiary/aromatic N) is 3. The second kappa shape index (κ2) is 14.7. The molecular formula is C37H30ClN5O2S. The number of thioether (sulfide) groups is 1. The predicted octanol–water partition coefficient (Wildman–Crippen LogP) is 7.90. The zero-order valence-corrected chi connectivity index (χ0v) is 26.3. The first-order valence-corrected chi connectivity index (χ1v) is 16.1. The van der Waals surface area contributed by atoms with E-state index in [-0.39, 0.29) is 23.6 Å². The third kappa shape index (κ3) is 7.54. The minimum atomic E-state index is -0.288. The summed E-state index contributed by atoms with van der Waals surface area (Å²) in [5.74, 6) is 0.416. The van der Waals surface area contributed by atoms with Crippen LogP contribution in [0.5, 0.6) is 0 Å². The number of amides is 2. The molecule has 1 aromatic heterocycles. The molecule has 9 heteroatoms. The lowest BCUT2D eigenvalue weighted by Crippen LogP contribution is -2.30. The lowest BCUT2D eigenvalue weighted by atomic mass is 9.99. The van der Waals surface area contributed by atoms with Crippen LogP contribution in [0.2, 0.25) is 5.02 Å². The van der Waals surface area contributed by atoms with Gasteiger partial charge in [-0.15, -0.1) is 10.2 Å². The van der Waals surface area contributed by atoms with Crippen molar-refractivity contribution in [2.45, 2.75) is 17.7 Å². The first-order valence-electron chi connectivity index (χ1n) is 14.7. The van der Waals surface area contributed by atoms with Crippen molar-refractivity contribution in [3.8, 4) is 11.4 Å². The van der Waals surface area contributed by atoms with Crippen LogP contribution in [0, 0.1) is 0 Å². The summed E-state index contributed by atoms with van der Waals surface area (Å²) in [4.78, 5) is 26.1. The Balaban J connectivity index is 1.20. The molecule has 0 bridgehead atoms. The summed E-state index contributed by atoms with van der Waals surface area (Å²) in [6, 6.07) is 44.0. The monoisotopic (exact) mass is 643 g/mol. The molecule has 0 aliphatic carbocycles. The van der Waals surface area contributed by atoms with E-state index in [1.807, 2.05) is 120 Å². The fourth-order valence-electron chi connectivity index (χ4n) is 5.05. The minimum absolute atomic E-state index is 0.114. The smallest absolute Gasteiger partial charge is 0.257 e. The highest BCUT2D eigenvalue weighted by Crippen LogP contribution is 2.28. The van der Waals surface area contributed by atoms with Crippen LogP contribution < -0.4 is 10.6 Å². The van der Waals surface area contributed by atoms with Gasteiger partial charge in [0.2, 0.25) is 5.91 Å². The molecule has 0 unspecified atom stereocenters. The Hall–Kier alpha value is -5.18. The van der Waals surface area contributed by atoms with E-state index in [1.165, 1.54) is 11.8 Å². The van der Waals surface area contributed by atoms with Crippen LogP contribution in [0.4, 0.5) is 5.69 Å². The summed E-state index contributed by atoms with van der Waals surface area (Å²) >= 11 is 7.54. The van der Waals surface area contributed by atoms with Gasteiger partial charge in [-0.25, -0.2) is 0 Å². The second-order valence-electron chi connectivity index (χ2n) is 10.5. The normalized spacial score (nSPS) is 10.9. The van der Waals surface area contributed by atoms with E-state index in [9.17, 15) is 9.59 Å². The van der Waals surface area contributed by atoms with Gasteiger partial charge in [0.05, 0.1) is 28.9 Å². The van der Waals surface area contributed by atoms with E-state index in [1.54, 1.807) is 24.3 Å². The third-order valence-corrected chi connectivity index (χ3v) is 8.62. The zero-order valence-electron chi connectivity index (χ0n) is 24.7. The molecule has 6 aromatic rings. The molecule has 2 N–H and O–H groups in total. The maximum atomic E-state index is 13.3. The summed E-state index contributed by atoms with van der Waals surface area (Å²) in [7, 11) is 0. The van der Waals surface area contributed by atoms with E-state index < -0.39 is 0 Å². The van der Waals surface area contributed by atoms with Crippen molar-refractivity contribution >= 4 is 40.9 Å². The van der Waals surface area contributed by atoms with E-state index >= 15 is 0 Å². The first kappa shape index (κ1) is 30.8. The Kier molecular flexibility index (Phi) is 9.87. The van der Waals surface area contributed by atoms with Gasteiger partial charge in [0, 0.05) is 11.3 Å². The number of hydrogen-bond donors (Lipinski definition) is 2. The van der Waals surface area contributed by atoms with E-state index in [4.69, 9.17) is 11.6 Å². The van der Waals surface area contributed by atoms with Crippen molar-refractivity contribution in [1.82, 2.24) is 20.1 Å². The van der Waals surface area contributed by atoms with Crippen LogP contribution in [-0.2, 0) is 11.3 Å². The van der Waals surface area contributed by atoms with Gasteiger partial charge >= 0.3 is 0 Å². The Morgan fingerprint density at radius 2 is 1.30 bits per heavy atom. The maximum Gasteiger partial charge on any atom is 0.257 e. The molecule has 0 spiro atoms. The Morgan fingerprint density at radius 3 is 1.93 bits per heavy atom. The largest absolute Gasteiger partial charge is 0.344 e. The Labute approximate surface area is 276 Å². The van der Waals surface area contributed by atoms with Crippen LogP contribution >= 0.6 is 23.4 Å². The molecule has 0 saturated heterocycles. The summed E-state index contributed by atoms with van der Waals surface area (Å²) in [6.07, 6.45) is 0.